The molecule has 2 aliphatic heterocycles. The topological polar surface area (TPSA) is 75.1 Å². The quantitative estimate of drug-likeness (QED) is 0.760. The van der Waals surface area contributed by atoms with Crippen LogP contribution in [-0.2, 0) is 9.53 Å². The number of likely N-dealkylation sites (tertiary alicyclic amines) is 1. The third-order valence-corrected chi connectivity index (χ3v) is 5.92. The Bertz CT molecular complexity index is 823. The fourth-order valence-corrected chi connectivity index (χ4v) is 4.68. The van der Waals surface area contributed by atoms with E-state index in [1.807, 2.05) is 20.8 Å². The summed E-state index contributed by atoms with van der Waals surface area (Å²) in [5.74, 6) is 0.0467. The van der Waals surface area contributed by atoms with Crippen molar-refractivity contribution in [2.75, 3.05) is 13.1 Å². The monoisotopic (exact) mass is 402 g/mol. The third-order valence-electron chi connectivity index (χ3n) is 5.92. The number of amides is 2. The molecule has 0 radical (unpaired) electrons. The maximum Gasteiger partial charge on any atom is 0.410 e. The van der Waals surface area contributed by atoms with Gasteiger partial charge in [0.05, 0.1) is 12.2 Å². The number of carbonyl (C=O) groups excluding carboxylic acids is 2. The molecule has 3 atom stereocenters. The van der Waals surface area contributed by atoms with Gasteiger partial charge in [-0.2, -0.15) is 5.10 Å². The molecule has 8 heteroatoms. The lowest BCUT2D eigenvalue weighted by Gasteiger charge is -2.27. The molecule has 7 nitrogen and oxygen atoms in total. The van der Waals surface area contributed by atoms with Crippen LogP contribution in [0.3, 0.4) is 0 Å². The molecule has 3 heterocycles. The minimum atomic E-state index is -0.512. The van der Waals surface area contributed by atoms with Gasteiger partial charge in [0.25, 0.3) is 0 Å². The zero-order valence-electron chi connectivity index (χ0n) is 17.0. The van der Waals surface area contributed by atoms with Crippen LogP contribution in [0.5, 0.6) is 0 Å². The highest BCUT2D eigenvalue weighted by molar-refractivity contribution is 5.82. The number of rotatable bonds is 2. The molecule has 1 saturated heterocycles. The lowest BCUT2D eigenvalue weighted by Crippen LogP contribution is -2.37. The van der Waals surface area contributed by atoms with E-state index in [9.17, 15) is 14.0 Å². The number of nitrogens with zero attached hydrogens (tertiary/aromatic N) is 4. The van der Waals surface area contributed by atoms with Crippen molar-refractivity contribution in [2.45, 2.75) is 51.7 Å². The lowest BCUT2D eigenvalue weighted by atomic mass is 10.0. The van der Waals surface area contributed by atoms with Gasteiger partial charge >= 0.3 is 6.09 Å². The molecule has 0 spiro atoms. The molecule has 4 rings (SSSR count). The Morgan fingerprint density at radius 1 is 1.17 bits per heavy atom. The van der Waals surface area contributed by atoms with E-state index in [1.165, 1.54) is 11.1 Å². The molecular formula is C21H27FN4O3. The second-order valence-corrected chi connectivity index (χ2v) is 9.24. The van der Waals surface area contributed by atoms with Gasteiger partial charge in [-0.25, -0.2) is 14.2 Å². The third kappa shape index (κ3) is 4.11. The van der Waals surface area contributed by atoms with Crippen LogP contribution in [0.4, 0.5) is 9.18 Å². The Labute approximate surface area is 169 Å². The molecule has 0 bridgehead atoms. The molecule has 2 fully saturated rings. The van der Waals surface area contributed by atoms with Gasteiger partial charge in [0.15, 0.2) is 0 Å². The molecule has 0 aromatic carbocycles. The highest BCUT2D eigenvalue weighted by Crippen LogP contribution is 2.44. The summed E-state index contributed by atoms with van der Waals surface area (Å²) in [6, 6.07) is 1.11. The lowest BCUT2D eigenvalue weighted by molar-refractivity contribution is -0.137. The SMILES string of the molecule is CC(C)(C)OC(=O)N1CC2CC(C(=O)N3N=CCC3c3cncc(F)c3)CC2C1. The Hall–Kier alpha value is -2.51. The van der Waals surface area contributed by atoms with Gasteiger partial charge in [-0.05, 0) is 57.1 Å². The van der Waals surface area contributed by atoms with Crippen molar-refractivity contribution < 1.29 is 18.7 Å². The maximum absolute atomic E-state index is 13.6. The minimum Gasteiger partial charge on any atom is -0.444 e. The predicted octanol–water partition coefficient (Wildman–Crippen LogP) is 3.37. The Morgan fingerprint density at radius 2 is 1.86 bits per heavy atom. The van der Waals surface area contributed by atoms with Gasteiger partial charge in [0.1, 0.15) is 11.4 Å². The Morgan fingerprint density at radius 3 is 2.48 bits per heavy atom. The van der Waals surface area contributed by atoms with Crippen molar-refractivity contribution in [3.63, 3.8) is 0 Å². The average Bonchev–Trinajstić information content (AvgIpc) is 3.34. The highest BCUT2D eigenvalue weighted by Gasteiger charge is 2.47. The van der Waals surface area contributed by atoms with E-state index < -0.39 is 11.4 Å². The summed E-state index contributed by atoms with van der Waals surface area (Å²) < 4.78 is 19.0. The van der Waals surface area contributed by atoms with E-state index in [0.717, 1.165) is 19.0 Å². The molecule has 1 aliphatic carbocycles. The Balaban J connectivity index is 1.37. The number of hydrazone groups is 1. The van der Waals surface area contributed by atoms with Crippen molar-refractivity contribution in [1.29, 1.82) is 0 Å². The van der Waals surface area contributed by atoms with Gasteiger partial charge < -0.3 is 9.64 Å². The number of hydrogen-bond acceptors (Lipinski definition) is 5. The van der Waals surface area contributed by atoms with E-state index in [0.29, 0.717) is 36.9 Å². The van der Waals surface area contributed by atoms with E-state index in [2.05, 4.69) is 10.1 Å². The van der Waals surface area contributed by atoms with Crippen molar-refractivity contribution in [2.24, 2.45) is 22.9 Å². The number of halogens is 1. The smallest absolute Gasteiger partial charge is 0.410 e. The van der Waals surface area contributed by atoms with Gasteiger partial charge in [0, 0.05) is 37.8 Å². The number of carbonyl (C=O) groups is 2. The fraction of sp³-hybridized carbons (Fsp3) is 0.619. The molecule has 0 N–H and O–H groups in total. The molecule has 1 saturated carbocycles. The number of fused-ring (bicyclic) bond motifs is 1. The van der Waals surface area contributed by atoms with Gasteiger partial charge in [0.2, 0.25) is 5.91 Å². The van der Waals surface area contributed by atoms with Crippen LogP contribution in [0.25, 0.3) is 0 Å². The fourth-order valence-electron chi connectivity index (χ4n) is 4.68. The summed E-state index contributed by atoms with van der Waals surface area (Å²) in [5, 5.41) is 5.76. The zero-order valence-corrected chi connectivity index (χ0v) is 17.0. The summed E-state index contributed by atoms with van der Waals surface area (Å²) in [4.78, 5) is 31.1. The van der Waals surface area contributed by atoms with E-state index in [4.69, 9.17) is 4.74 Å². The summed E-state index contributed by atoms with van der Waals surface area (Å²) in [6.45, 7) is 6.83. The molecule has 2 amide bonds. The minimum absolute atomic E-state index is 0.0220. The largest absolute Gasteiger partial charge is 0.444 e. The summed E-state index contributed by atoms with van der Waals surface area (Å²) >= 11 is 0. The van der Waals surface area contributed by atoms with Crippen LogP contribution in [0, 0.1) is 23.6 Å². The summed E-state index contributed by atoms with van der Waals surface area (Å²) in [5.41, 5.74) is 0.145. The molecule has 3 aliphatic rings. The molecule has 1 aromatic heterocycles. The first kappa shape index (κ1) is 19.8. The van der Waals surface area contributed by atoms with Crippen molar-refractivity contribution in [3.8, 4) is 0 Å². The number of hydrogen-bond donors (Lipinski definition) is 0. The van der Waals surface area contributed by atoms with Gasteiger partial charge in [-0.15, -0.1) is 0 Å². The molecule has 1 aromatic rings. The van der Waals surface area contributed by atoms with Crippen LogP contribution < -0.4 is 0 Å². The predicted molar refractivity (Wildman–Crippen MR) is 104 cm³/mol. The van der Waals surface area contributed by atoms with Crippen LogP contribution in [0.1, 0.15) is 51.6 Å². The first-order valence-electron chi connectivity index (χ1n) is 10.1. The molecular weight excluding hydrogens is 375 g/mol. The molecule has 156 valence electrons. The van der Waals surface area contributed by atoms with Crippen molar-refractivity contribution in [3.05, 3.63) is 29.8 Å². The first-order chi connectivity index (χ1) is 13.7. The van der Waals surface area contributed by atoms with Crippen LogP contribution in [0.2, 0.25) is 0 Å². The van der Waals surface area contributed by atoms with Crippen LogP contribution in [0.15, 0.2) is 23.6 Å². The second kappa shape index (κ2) is 7.39. The van der Waals surface area contributed by atoms with Gasteiger partial charge in [-0.3, -0.25) is 9.78 Å². The van der Waals surface area contributed by atoms with E-state index in [1.54, 1.807) is 17.3 Å². The second-order valence-electron chi connectivity index (χ2n) is 9.24. The number of pyridine rings is 1. The Kier molecular flexibility index (Phi) is 5.04. The zero-order chi connectivity index (χ0) is 20.8. The number of aromatic nitrogens is 1. The van der Waals surface area contributed by atoms with Crippen molar-refractivity contribution >= 4 is 18.2 Å². The number of ether oxygens (including phenoxy) is 1. The molecule has 29 heavy (non-hydrogen) atoms. The first-order valence-corrected chi connectivity index (χ1v) is 10.1. The maximum atomic E-state index is 13.6. The van der Waals surface area contributed by atoms with Crippen molar-refractivity contribution in [1.82, 2.24) is 14.9 Å². The molecule has 3 unspecified atom stereocenters. The van der Waals surface area contributed by atoms with E-state index in [-0.39, 0.29) is 24.0 Å². The average molecular weight is 402 g/mol. The summed E-state index contributed by atoms with van der Waals surface area (Å²) in [6.07, 6.45) is 6.20. The standard InChI is InChI=1S/C21H27FN4O3/c1-21(2,3)29-20(28)25-11-15-6-13(7-16(15)12-25)19(27)26-18(4-5-24-26)14-8-17(22)10-23-9-14/h5,8-10,13,15-16,18H,4,6-7,11-12H2,1-3H3. The van der Waals surface area contributed by atoms with E-state index >= 15 is 0 Å². The van der Waals surface area contributed by atoms with Crippen LogP contribution >= 0.6 is 0 Å². The van der Waals surface area contributed by atoms with Crippen LogP contribution in [-0.4, -0.2) is 51.8 Å². The highest BCUT2D eigenvalue weighted by atomic mass is 19.1. The van der Waals surface area contributed by atoms with Gasteiger partial charge in [-0.1, -0.05) is 0 Å². The summed E-state index contributed by atoms with van der Waals surface area (Å²) in [7, 11) is 0. The normalized spacial score (nSPS) is 28.7.